The smallest absolute Gasteiger partial charge is 0.229 e. The fourth-order valence-corrected chi connectivity index (χ4v) is 3.89. The number of carbonyl (C=O) groups excluding carboxylic acids is 2. The van der Waals surface area contributed by atoms with E-state index in [0.717, 1.165) is 22.6 Å². The molecule has 1 aliphatic rings. The molecular weight excluding hydrogens is 400 g/mol. The Morgan fingerprint density at radius 3 is 2.28 bits per heavy atom. The molecule has 32 heavy (non-hydrogen) atoms. The van der Waals surface area contributed by atoms with Crippen molar-refractivity contribution in [3.63, 3.8) is 0 Å². The average molecular weight is 429 g/mol. The molecule has 0 spiro atoms. The Bertz CT molecular complexity index is 1170. The lowest BCUT2D eigenvalue weighted by molar-refractivity contribution is -0.122. The number of ether oxygens (including phenoxy) is 1. The van der Waals surface area contributed by atoms with Gasteiger partial charge in [0, 0.05) is 24.3 Å². The minimum Gasteiger partial charge on any atom is -0.457 e. The summed E-state index contributed by atoms with van der Waals surface area (Å²) in [6.45, 7) is 8.49. The highest BCUT2D eigenvalue weighted by molar-refractivity contribution is 6.03. The molecule has 0 aromatic heterocycles. The SMILES string of the molecule is Cc1ccc(C)c(N2C[C@@H](C(=O)Nc3ccc(Oc4ccc(C)c(C)c4)cc3)CC2=O)c1. The van der Waals surface area contributed by atoms with E-state index < -0.39 is 0 Å². The molecule has 0 radical (unpaired) electrons. The number of hydrogen-bond acceptors (Lipinski definition) is 3. The van der Waals surface area contributed by atoms with Gasteiger partial charge in [-0.1, -0.05) is 18.2 Å². The molecule has 2 amide bonds. The van der Waals surface area contributed by atoms with Gasteiger partial charge < -0.3 is 15.0 Å². The molecule has 5 heteroatoms. The summed E-state index contributed by atoms with van der Waals surface area (Å²) in [5.41, 5.74) is 6.08. The van der Waals surface area contributed by atoms with Crippen molar-refractivity contribution in [3.8, 4) is 11.5 Å². The molecular formula is C27H28N2O3. The minimum atomic E-state index is -0.381. The van der Waals surface area contributed by atoms with Crippen molar-refractivity contribution in [1.82, 2.24) is 0 Å². The van der Waals surface area contributed by atoms with Gasteiger partial charge in [0.2, 0.25) is 11.8 Å². The topological polar surface area (TPSA) is 58.6 Å². The van der Waals surface area contributed by atoms with Crippen LogP contribution in [0.4, 0.5) is 11.4 Å². The number of amides is 2. The van der Waals surface area contributed by atoms with Crippen LogP contribution in [-0.4, -0.2) is 18.4 Å². The predicted octanol–water partition coefficient (Wildman–Crippen LogP) is 5.70. The lowest BCUT2D eigenvalue weighted by Crippen LogP contribution is -2.28. The van der Waals surface area contributed by atoms with Crippen molar-refractivity contribution in [3.05, 3.63) is 82.9 Å². The quantitative estimate of drug-likeness (QED) is 0.567. The van der Waals surface area contributed by atoms with Crippen molar-refractivity contribution in [2.45, 2.75) is 34.1 Å². The van der Waals surface area contributed by atoms with Gasteiger partial charge in [-0.3, -0.25) is 9.59 Å². The first-order valence-corrected chi connectivity index (χ1v) is 10.8. The van der Waals surface area contributed by atoms with Gasteiger partial charge in [-0.15, -0.1) is 0 Å². The van der Waals surface area contributed by atoms with Crippen LogP contribution < -0.4 is 15.0 Å². The Hall–Kier alpha value is -3.60. The number of hydrogen-bond donors (Lipinski definition) is 1. The Balaban J connectivity index is 1.39. The summed E-state index contributed by atoms with van der Waals surface area (Å²) >= 11 is 0. The van der Waals surface area contributed by atoms with Crippen LogP contribution in [0.3, 0.4) is 0 Å². The van der Waals surface area contributed by atoms with Crippen molar-refractivity contribution in [2.75, 3.05) is 16.8 Å². The molecule has 1 N–H and O–H groups in total. The minimum absolute atomic E-state index is 0.0176. The van der Waals surface area contributed by atoms with E-state index in [9.17, 15) is 9.59 Å². The van der Waals surface area contributed by atoms with Crippen LogP contribution in [0.5, 0.6) is 11.5 Å². The largest absolute Gasteiger partial charge is 0.457 e. The van der Waals surface area contributed by atoms with Gasteiger partial charge in [0.15, 0.2) is 0 Å². The third-order valence-corrected chi connectivity index (χ3v) is 5.99. The second kappa shape index (κ2) is 8.87. The summed E-state index contributed by atoms with van der Waals surface area (Å²) in [6.07, 6.45) is 0.215. The van der Waals surface area contributed by atoms with Crippen LogP contribution in [-0.2, 0) is 9.59 Å². The van der Waals surface area contributed by atoms with Gasteiger partial charge in [-0.25, -0.2) is 0 Å². The molecule has 3 aromatic rings. The number of nitrogens with zero attached hydrogens (tertiary/aromatic N) is 1. The summed E-state index contributed by atoms with van der Waals surface area (Å²) < 4.78 is 5.91. The molecule has 1 atom stereocenters. The fraction of sp³-hybridized carbons (Fsp3) is 0.259. The lowest BCUT2D eigenvalue weighted by Gasteiger charge is -2.19. The molecule has 3 aromatic carbocycles. The van der Waals surface area contributed by atoms with E-state index in [1.54, 1.807) is 4.90 Å². The van der Waals surface area contributed by atoms with Gasteiger partial charge in [0.05, 0.1) is 5.92 Å². The highest BCUT2D eigenvalue weighted by atomic mass is 16.5. The monoisotopic (exact) mass is 428 g/mol. The Labute approximate surface area is 189 Å². The van der Waals surface area contributed by atoms with E-state index in [-0.39, 0.29) is 24.2 Å². The van der Waals surface area contributed by atoms with Crippen molar-refractivity contribution in [2.24, 2.45) is 5.92 Å². The number of aryl methyl sites for hydroxylation is 4. The second-order valence-corrected chi connectivity index (χ2v) is 8.56. The molecule has 0 saturated carbocycles. The van der Waals surface area contributed by atoms with Gasteiger partial charge in [0.1, 0.15) is 11.5 Å². The third-order valence-electron chi connectivity index (χ3n) is 5.99. The normalized spacial score (nSPS) is 15.7. The number of anilines is 2. The summed E-state index contributed by atoms with van der Waals surface area (Å²) in [4.78, 5) is 27.1. The molecule has 0 unspecified atom stereocenters. The summed E-state index contributed by atoms with van der Waals surface area (Å²) in [7, 11) is 0. The van der Waals surface area contributed by atoms with Crippen LogP contribution in [0.1, 0.15) is 28.7 Å². The number of benzene rings is 3. The van der Waals surface area contributed by atoms with E-state index in [0.29, 0.717) is 18.0 Å². The average Bonchev–Trinajstić information content (AvgIpc) is 3.15. The zero-order chi connectivity index (χ0) is 22.8. The van der Waals surface area contributed by atoms with Crippen molar-refractivity contribution in [1.29, 1.82) is 0 Å². The van der Waals surface area contributed by atoms with Crippen LogP contribution in [0.25, 0.3) is 0 Å². The Kier molecular flexibility index (Phi) is 5.99. The van der Waals surface area contributed by atoms with Crippen LogP contribution in [0.15, 0.2) is 60.7 Å². The van der Waals surface area contributed by atoms with E-state index in [1.165, 1.54) is 11.1 Å². The lowest BCUT2D eigenvalue weighted by atomic mass is 10.1. The zero-order valence-corrected chi connectivity index (χ0v) is 18.9. The third kappa shape index (κ3) is 4.67. The van der Waals surface area contributed by atoms with Crippen molar-refractivity contribution >= 4 is 23.2 Å². The molecule has 4 rings (SSSR count). The highest BCUT2D eigenvalue weighted by Gasteiger charge is 2.35. The van der Waals surface area contributed by atoms with Crippen LogP contribution >= 0.6 is 0 Å². The van der Waals surface area contributed by atoms with E-state index in [4.69, 9.17) is 4.74 Å². The van der Waals surface area contributed by atoms with Crippen LogP contribution in [0.2, 0.25) is 0 Å². The van der Waals surface area contributed by atoms with Crippen molar-refractivity contribution < 1.29 is 14.3 Å². The Morgan fingerprint density at radius 1 is 0.875 bits per heavy atom. The molecule has 1 saturated heterocycles. The first-order valence-electron chi connectivity index (χ1n) is 10.8. The maximum atomic E-state index is 12.8. The number of carbonyl (C=O) groups is 2. The molecule has 1 heterocycles. The molecule has 1 aliphatic heterocycles. The molecule has 164 valence electrons. The summed E-state index contributed by atoms with van der Waals surface area (Å²) in [6, 6.07) is 19.3. The second-order valence-electron chi connectivity index (χ2n) is 8.56. The first kappa shape index (κ1) is 21.6. The van der Waals surface area contributed by atoms with Gasteiger partial charge in [-0.2, -0.15) is 0 Å². The highest BCUT2D eigenvalue weighted by Crippen LogP contribution is 2.30. The van der Waals surface area contributed by atoms with Gasteiger partial charge >= 0.3 is 0 Å². The molecule has 0 bridgehead atoms. The molecule has 1 fully saturated rings. The number of rotatable bonds is 5. The molecule has 0 aliphatic carbocycles. The first-order chi connectivity index (χ1) is 15.3. The summed E-state index contributed by atoms with van der Waals surface area (Å²) in [5.74, 6) is 0.933. The zero-order valence-electron chi connectivity index (χ0n) is 18.9. The van der Waals surface area contributed by atoms with Crippen LogP contribution in [0, 0.1) is 33.6 Å². The van der Waals surface area contributed by atoms with E-state index >= 15 is 0 Å². The van der Waals surface area contributed by atoms with E-state index in [1.807, 2.05) is 74.5 Å². The summed E-state index contributed by atoms with van der Waals surface area (Å²) in [5, 5.41) is 2.94. The number of nitrogens with one attached hydrogen (secondary N) is 1. The molecule has 5 nitrogen and oxygen atoms in total. The maximum absolute atomic E-state index is 12.8. The maximum Gasteiger partial charge on any atom is 0.229 e. The van der Waals surface area contributed by atoms with Gasteiger partial charge in [-0.05, 0) is 92.4 Å². The van der Waals surface area contributed by atoms with E-state index in [2.05, 4.69) is 19.2 Å². The van der Waals surface area contributed by atoms with Gasteiger partial charge in [0.25, 0.3) is 0 Å². The fourth-order valence-electron chi connectivity index (χ4n) is 3.89. The standard InChI is InChI=1S/C27H28N2O3/c1-17-5-6-19(3)25(13-17)29-16-21(15-26(29)30)27(31)28-22-8-11-23(12-9-22)32-24-10-7-18(2)20(4)14-24/h5-14,21H,15-16H2,1-4H3,(H,28,31)/t21-/m0/s1. The Morgan fingerprint density at radius 2 is 1.56 bits per heavy atom. The predicted molar refractivity (Wildman–Crippen MR) is 127 cm³/mol.